The number of nitrogens with one attached hydrogen (secondary N) is 1. The smallest absolute Gasteiger partial charge is 0.216 e. The normalized spacial score (nSPS) is 37.6. The fourth-order valence-corrected chi connectivity index (χ4v) is 1.00. The maximum absolute atomic E-state index is 9.97. The highest BCUT2D eigenvalue weighted by Gasteiger charge is 2.19. The molecule has 0 aliphatic carbocycles. The van der Waals surface area contributed by atoms with Crippen molar-refractivity contribution in [1.29, 1.82) is 0 Å². The molecule has 0 aromatic carbocycles. The second-order valence-electron chi connectivity index (χ2n) is 2.42. The van der Waals surface area contributed by atoms with E-state index in [9.17, 15) is 4.79 Å². The van der Waals surface area contributed by atoms with E-state index in [4.69, 9.17) is 0 Å². The minimum atomic E-state index is 0.0185. The van der Waals surface area contributed by atoms with Gasteiger partial charge in [0.2, 0.25) is 6.29 Å². The highest BCUT2D eigenvalue weighted by Crippen LogP contribution is 2.09. The van der Waals surface area contributed by atoms with Crippen LogP contribution < -0.4 is 5.32 Å². The third-order valence-electron chi connectivity index (χ3n) is 1.49. The van der Waals surface area contributed by atoms with Crippen LogP contribution in [0, 0.1) is 5.92 Å². The van der Waals surface area contributed by atoms with Crippen molar-refractivity contribution in [2.75, 3.05) is 6.54 Å². The van der Waals surface area contributed by atoms with Crippen molar-refractivity contribution in [3.63, 3.8) is 0 Å². The Morgan fingerprint density at radius 3 is 2.75 bits per heavy atom. The zero-order valence-electron chi connectivity index (χ0n) is 4.98. The molecule has 1 aliphatic heterocycles. The van der Waals surface area contributed by atoms with Gasteiger partial charge in [0.15, 0.2) is 0 Å². The van der Waals surface area contributed by atoms with Gasteiger partial charge in [-0.3, -0.25) is 4.79 Å². The summed E-state index contributed by atoms with van der Waals surface area (Å²) < 4.78 is 0. The van der Waals surface area contributed by atoms with E-state index in [1.54, 1.807) is 0 Å². The van der Waals surface area contributed by atoms with Crippen LogP contribution >= 0.6 is 0 Å². The number of rotatable bonds is 1. The molecule has 8 heavy (non-hydrogen) atoms. The molecule has 1 fully saturated rings. The van der Waals surface area contributed by atoms with E-state index >= 15 is 0 Å². The quantitative estimate of drug-likeness (QED) is 0.521. The third kappa shape index (κ3) is 1.07. The molecule has 2 nitrogen and oxygen atoms in total. The van der Waals surface area contributed by atoms with Gasteiger partial charge in [-0.05, 0) is 18.9 Å². The summed E-state index contributed by atoms with van der Waals surface area (Å²) in [5, 5.41) is 3.03. The van der Waals surface area contributed by atoms with E-state index in [0.717, 1.165) is 13.0 Å². The van der Waals surface area contributed by atoms with Gasteiger partial charge in [0.25, 0.3) is 0 Å². The van der Waals surface area contributed by atoms with Gasteiger partial charge in [-0.25, -0.2) is 0 Å². The van der Waals surface area contributed by atoms with Crippen LogP contribution in [-0.4, -0.2) is 18.9 Å². The zero-order chi connectivity index (χ0) is 5.98. The van der Waals surface area contributed by atoms with Crippen LogP contribution in [0.2, 0.25) is 0 Å². The Labute approximate surface area is 49.3 Å². The molecule has 0 aromatic heterocycles. The summed E-state index contributed by atoms with van der Waals surface area (Å²) in [5.74, 6) is 0.654. The van der Waals surface area contributed by atoms with E-state index in [-0.39, 0.29) is 6.04 Å². The first-order valence-corrected chi connectivity index (χ1v) is 2.94. The number of carbonyl (C=O) groups excluding carboxylic acids is 1. The van der Waals surface area contributed by atoms with E-state index in [1.165, 1.54) is 0 Å². The van der Waals surface area contributed by atoms with Crippen molar-refractivity contribution in [3.05, 3.63) is 0 Å². The Morgan fingerprint density at radius 1 is 1.75 bits per heavy atom. The van der Waals surface area contributed by atoms with Gasteiger partial charge in [0.05, 0.1) is 6.04 Å². The van der Waals surface area contributed by atoms with Gasteiger partial charge in [-0.15, -0.1) is 0 Å². The van der Waals surface area contributed by atoms with Crippen LogP contribution in [0.4, 0.5) is 0 Å². The molecule has 45 valence electrons. The van der Waals surface area contributed by atoms with Crippen molar-refractivity contribution in [1.82, 2.24) is 5.32 Å². The largest absolute Gasteiger partial charge is 0.307 e. The van der Waals surface area contributed by atoms with E-state index in [1.807, 2.05) is 6.29 Å². The van der Waals surface area contributed by atoms with Crippen molar-refractivity contribution >= 4 is 6.29 Å². The van der Waals surface area contributed by atoms with Crippen LogP contribution in [0.5, 0.6) is 0 Å². The van der Waals surface area contributed by atoms with Crippen LogP contribution in [0.3, 0.4) is 0 Å². The summed E-state index contributed by atoms with van der Waals surface area (Å²) in [6, 6.07) is 0.0185. The van der Waals surface area contributed by atoms with Gasteiger partial charge < -0.3 is 5.32 Å². The Morgan fingerprint density at radius 2 is 2.50 bits per heavy atom. The summed E-state index contributed by atoms with van der Waals surface area (Å²) in [6.45, 7) is 3.10. The lowest BCUT2D eigenvalue weighted by Crippen LogP contribution is -2.21. The molecule has 2 heteroatoms. The van der Waals surface area contributed by atoms with Crippen molar-refractivity contribution in [2.45, 2.75) is 19.4 Å². The van der Waals surface area contributed by atoms with Gasteiger partial charge in [-0.2, -0.15) is 0 Å². The molecule has 1 radical (unpaired) electrons. The zero-order valence-corrected chi connectivity index (χ0v) is 4.98. The van der Waals surface area contributed by atoms with Gasteiger partial charge >= 0.3 is 0 Å². The maximum Gasteiger partial charge on any atom is 0.216 e. The average Bonchev–Trinajstić information content (AvgIpc) is 2.14. The second-order valence-corrected chi connectivity index (χ2v) is 2.42. The molecule has 1 heterocycles. The molecule has 0 spiro atoms. The lowest BCUT2D eigenvalue weighted by Gasteiger charge is -1.93. The average molecular weight is 112 g/mol. The molecule has 0 saturated carbocycles. The van der Waals surface area contributed by atoms with E-state index in [0.29, 0.717) is 5.92 Å². The van der Waals surface area contributed by atoms with Gasteiger partial charge in [0, 0.05) is 0 Å². The first kappa shape index (κ1) is 5.76. The monoisotopic (exact) mass is 112 g/mol. The highest BCUT2D eigenvalue weighted by molar-refractivity contribution is 5.58. The fraction of sp³-hybridized carbons (Fsp3) is 0.833. The summed E-state index contributed by atoms with van der Waals surface area (Å²) >= 11 is 0. The van der Waals surface area contributed by atoms with Crippen LogP contribution in [0.15, 0.2) is 0 Å². The SMILES string of the molecule is CC1CN[C@H]([C]=O)C1. The maximum atomic E-state index is 9.97. The molecule has 0 amide bonds. The third-order valence-corrected chi connectivity index (χ3v) is 1.49. The van der Waals surface area contributed by atoms with Gasteiger partial charge in [0.1, 0.15) is 0 Å². The van der Waals surface area contributed by atoms with Crippen molar-refractivity contribution < 1.29 is 4.79 Å². The number of hydrogen-bond donors (Lipinski definition) is 1. The summed E-state index contributed by atoms with van der Waals surface area (Å²) in [4.78, 5) is 9.97. The fourth-order valence-electron chi connectivity index (χ4n) is 1.00. The molecule has 1 aliphatic rings. The Balaban J connectivity index is 2.32. The van der Waals surface area contributed by atoms with Crippen molar-refractivity contribution in [2.24, 2.45) is 5.92 Å². The highest BCUT2D eigenvalue weighted by atomic mass is 16.1. The summed E-state index contributed by atoms with van der Waals surface area (Å²) in [7, 11) is 0. The van der Waals surface area contributed by atoms with E-state index in [2.05, 4.69) is 12.2 Å². The van der Waals surface area contributed by atoms with Crippen LogP contribution in [0.1, 0.15) is 13.3 Å². The minimum absolute atomic E-state index is 0.0185. The summed E-state index contributed by atoms with van der Waals surface area (Å²) in [5.41, 5.74) is 0. The predicted octanol–water partition coefficient (Wildman–Crippen LogP) is 0.0941. The van der Waals surface area contributed by atoms with Crippen LogP contribution in [0.25, 0.3) is 0 Å². The lowest BCUT2D eigenvalue weighted by atomic mass is 10.1. The Kier molecular flexibility index (Phi) is 1.63. The molecule has 1 rings (SSSR count). The molecule has 0 aromatic rings. The Hall–Kier alpha value is -0.370. The second kappa shape index (κ2) is 2.27. The van der Waals surface area contributed by atoms with Crippen LogP contribution in [-0.2, 0) is 4.79 Å². The standard InChI is InChI=1S/C6H10NO/c1-5-2-6(4-8)7-3-5/h5-7H,2-3H2,1H3/t5?,6-/m0/s1. The first-order valence-electron chi connectivity index (χ1n) is 2.94. The molecule has 2 atom stereocenters. The molecule has 1 unspecified atom stereocenters. The molecular formula is C6H10NO. The number of hydrogen-bond acceptors (Lipinski definition) is 2. The first-order chi connectivity index (χ1) is 3.83. The molecular weight excluding hydrogens is 102 g/mol. The minimum Gasteiger partial charge on any atom is -0.307 e. The predicted molar refractivity (Wildman–Crippen MR) is 31.3 cm³/mol. The molecule has 1 saturated heterocycles. The lowest BCUT2D eigenvalue weighted by molar-refractivity contribution is 0.531. The summed E-state index contributed by atoms with van der Waals surface area (Å²) in [6.07, 6.45) is 2.90. The Bertz CT molecular complexity index is 92.5. The van der Waals surface area contributed by atoms with Crippen molar-refractivity contribution in [3.8, 4) is 0 Å². The van der Waals surface area contributed by atoms with E-state index < -0.39 is 0 Å². The molecule has 0 bridgehead atoms. The van der Waals surface area contributed by atoms with Gasteiger partial charge in [-0.1, -0.05) is 6.92 Å². The molecule has 1 N–H and O–H groups in total. The topological polar surface area (TPSA) is 29.1 Å².